The van der Waals surface area contributed by atoms with Gasteiger partial charge in [-0.15, -0.1) is 0 Å². The predicted octanol–water partition coefficient (Wildman–Crippen LogP) is 3.07. The van der Waals surface area contributed by atoms with Gasteiger partial charge in [-0.25, -0.2) is 4.98 Å². The first kappa shape index (κ1) is 17.5. The second-order valence-electron chi connectivity index (χ2n) is 5.33. The minimum Gasteiger partial charge on any atom is -0.363 e. The second-order valence-corrected chi connectivity index (χ2v) is 6.84. The molecule has 0 aromatic carbocycles. The summed E-state index contributed by atoms with van der Waals surface area (Å²) < 4.78 is -0.0380. The summed E-state index contributed by atoms with van der Waals surface area (Å²) in [7, 11) is 0. The third-order valence-corrected chi connectivity index (χ3v) is 4.26. The molecule has 0 fully saturated rings. The van der Waals surface area contributed by atoms with E-state index in [0.717, 1.165) is 13.0 Å². The number of nitrogens with zero attached hydrogens (tertiary/aromatic N) is 3. The minimum atomic E-state index is -0.437. The highest BCUT2D eigenvalue weighted by atomic mass is 32.2. The highest BCUT2D eigenvalue weighted by Crippen LogP contribution is 2.28. The van der Waals surface area contributed by atoms with Crippen LogP contribution in [-0.4, -0.2) is 39.0 Å². The normalized spacial score (nSPS) is 11.3. The van der Waals surface area contributed by atoms with Gasteiger partial charge in [-0.1, -0.05) is 6.92 Å². The summed E-state index contributed by atoms with van der Waals surface area (Å²) >= 11 is 1.69. The smallest absolute Gasteiger partial charge is 0.332 e. The SMILES string of the molecule is CCCNc1nc(C)c([N+](=O)[O-])c(NCC(C)(C)SC)n1. The van der Waals surface area contributed by atoms with E-state index in [1.54, 1.807) is 18.7 Å². The van der Waals surface area contributed by atoms with Gasteiger partial charge >= 0.3 is 5.69 Å². The first-order valence-corrected chi connectivity index (χ1v) is 8.09. The van der Waals surface area contributed by atoms with E-state index in [1.165, 1.54) is 0 Å². The lowest BCUT2D eigenvalue weighted by atomic mass is 10.2. The average molecular weight is 313 g/mol. The molecule has 118 valence electrons. The van der Waals surface area contributed by atoms with E-state index in [4.69, 9.17) is 0 Å². The molecule has 0 amide bonds. The van der Waals surface area contributed by atoms with Crippen molar-refractivity contribution in [3.8, 4) is 0 Å². The quantitative estimate of drug-likeness (QED) is 0.562. The van der Waals surface area contributed by atoms with Crippen molar-refractivity contribution in [3.05, 3.63) is 15.8 Å². The van der Waals surface area contributed by atoms with Gasteiger partial charge in [0.2, 0.25) is 11.8 Å². The van der Waals surface area contributed by atoms with Crippen molar-refractivity contribution >= 4 is 29.2 Å². The number of anilines is 2. The average Bonchev–Trinajstić information content (AvgIpc) is 2.42. The molecular weight excluding hydrogens is 290 g/mol. The lowest BCUT2D eigenvalue weighted by Gasteiger charge is -2.22. The molecule has 0 spiro atoms. The van der Waals surface area contributed by atoms with E-state index in [0.29, 0.717) is 18.2 Å². The van der Waals surface area contributed by atoms with Gasteiger partial charge in [0.05, 0.1) is 4.92 Å². The van der Waals surface area contributed by atoms with Crippen LogP contribution in [-0.2, 0) is 0 Å². The lowest BCUT2D eigenvalue weighted by Crippen LogP contribution is -2.27. The molecule has 1 aromatic heterocycles. The third-order valence-electron chi connectivity index (χ3n) is 3.01. The topological polar surface area (TPSA) is 93.0 Å². The Bertz CT molecular complexity index is 508. The Labute approximate surface area is 129 Å². The van der Waals surface area contributed by atoms with Crippen molar-refractivity contribution in [1.29, 1.82) is 0 Å². The predicted molar refractivity (Wildman–Crippen MR) is 88.3 cm³/mol. The number of aryl methyl sites for hydroxylation is 1. The summed E-state index contributed by atoms with van der Waals surface area (Å²) in [6.45, 7) is 9.11. The van der Waals surface area contributed by atoms with Crippen molar-refractivity contribution in [2.24, 2.45) is 0 Å². The van der Waals surface area contributed by atoms with Crippen molar-refractivity contribution in [2.75, 3.05) is 30.0 Å². The minimum absolute atomic E-state index is 0.0380. The molecule has 1 rings (SSSR count). The van der Waals surface area contributed by atoms with Crippen LogP contribution in [0, 0.1) is 17.0 Å². The zero-order valence-electron chi connectivity index (χ0n) is 13.2. The van der Waals surface area contributed by atoms with Crippen LogP contribution >= 0.6 is 11.8 Å². The molecular formula is C13H23N5O2S. The van der Waals surface area contributed by atoms with E-state index < -0.39 is 4.92 Å². The summed E-state index contributed by atoms with van der Waals surface area (Å²) in [5, 5.41) is 17.4. The molecule has 0 radical (unpaired) electrons. The largest absolute Gasteiger partial charge is 0.363 e. The molecule has 21 heavy (non-hydrogen) atoms. The van der Waals surface area contributed by atoms with Gasteiger partial charge in [-0.05, 0) is 33.4 Å². The first-order valence-electron chi connectivity index (χ1n) is 6.86. The number of rotatable bonds is 8. The van der Waals surface area contributed by atoms with Gasteiger partial charge in [0.25, 0.3) is 0 Å². The number of nitrogens with one attached hydrogen (secondary N) is 2. The Kier molecular flexibility index (Phi) is 6.19. The molecule has 0 aliphatic rings. The van der Waals surface area contributed by atoms with Crippen molar-refractivity contribution < 1.29 is 4.92 Å². The van der Waals surface area contributed by atoms with Gasteiger partial charge in [-0.2, -0.15) is 16.7 Å². The maximum absolute atomic E-state index is 11.2. The van der Waals surface area contributed by atoms with E-state index in [-0.39, 0.29) is 16.3 Å². The molecule has 1 heterocycles. The highest BCUT2D eigenvalue weighted by Gasteiger charge is 2.24. The van der Waals surface area contributed by atoms with Gasteiger partial charge in [0.15, 0.2) is 0 Å². The van der Waals surface area contributed by atoms with Crippen LogP contribution in [0.15, 0.2) is 0 Å². The van der Waals surface area contributed by atoms with Crippen LogP contribution < -0.4 is 10.6 Å². The molecule has 0 atom stereocenters. The highest BCUT2D eigenvalue weighted by molar-refractivity contribution is 7.99. The van der Waals surface area contributed by atoms with Crippen LogP contribution in [0.4, 0.5) is 17.5 Å². The Morgan fingerprint density at radius 2 is 2.00 bits per heavy atom. The van der Waals surface area contributed by atoms with Crippen LogP contribution in [0.2, 0.25) is 0 Å². The molecule has 1 aromatic rings. The van der Waals surface area contributed by atoms with Crippen molar-refractivity contribution in [2.45, 2.75) is 38.9 Å². The van der Waals surface area contributed by atoms with Crippen LogP contribution in [0.3, 0.4) is 0 Å². The van der Waals surface area contributed by atoms with Gasteiger partial charge < -0.3 is 10.6 Å². The standard InChI is InChI=1S/C13H23N5O2S/c1-6-7-14-12-16-9(2)10(18(19)20)11(17-12)15-8-13(3,4)21-5/h6-8H2,1-5H3,(H2,14,15,16,17). The summed E-state index contributed by atoms with van der Waals surface area (Å²) in [5.74, 6) is 0.692. The first-order chi connectivity index (χ1) is 9.80. The molecule has 7 nitrogen and oxygen atoms in total. The number of aromatic nitrogens is 2. The molecule has 2 N–H and O–H groups in total. The van der Waals surface area contributed by atoms with Gasteiger partial charge in [0.1, 0.15) is 5.69 Å². The number of hydrogen-bond acceptors (Lipinski definition) is 7. The van der Waals surface area contributed by atoms with E-state index in [1.807, 2.05) is 13.2 Å². The summed E-state index contributed by atoms with van der Waals surface area (Å²) in [6, 6.07) is 0. The monoisotopic (exact) mass is 313 g/mol. The fourth-order valence-corrected chi connectivity index (χ4v) is 1.81. The van der Waals surface area contributed by atoms with Crippen molar-refractivity contribution in [1.82, 2.24) is 9.97 Å². The number of thioether (sulfide) groups is 1. The molecule has 0 unspecified atom stereocenters. The molecule has 0 saturated carbocycles. The van der Waals surface area contributed by atoms with E-state index >= 15 is 0 Å². The Morgan fingerprint density at radius 1 is 1.33 bits per heavy atom. The molecule has 0 aliphatic heterocycles. The van der Waals surface area contributed by atoms with E-state index in [9.17, 15) is 10.1 Å². The third kappa shape index (κ3) is 5.04. The summed E-state index contributed by atoms with van der Waals surface area (Å²) in [5.41, 5.74) is 0.298. The van der Waals surface area contributed by atoms with Crippen LogP contribution in [0.25, 0.3) is 0 Å². The Morgan fingerprint density at radius 3 is 2.52 bits per heavy atom. The number of nitro groups is 1. The zero-order chi connectivity index (χ0) is 16.0. The molecule has 8 heteroatoms. The van der Waals surface area contributed by atoms with Crippen LogP contribution in [0.5, 0.6) is 0 Å². The lowest BCUT2D eigenvalue weighted by molar-refractivity contribution is -0.385. The number of hydrogen-bond donors (Lipinski definition) is 2. The molecule has 0 bridgehead atoms. The van der Waals surface area contributed by atoms with E-state index in [2.05, 4.69) is 34.4 Å². The fraction of sp³-hybridized carbons (Fsp3) is 0.692. The molecule has 0 aliphatic carbocycles. The maximum Gasteiger partial charge on any atom is 0.332 e. The van der Waals surface area contributed by atoms with Crippen LogP contribution in [0.1, 0.15) is 32.9 Å². The Balaban J connectivity index is 3.07. The summed E-state index contributed by atoms with van der Waals surface area (Å²) in [4.78, 5) is 19.2. The second kappa shape index (κ2) is 7.44. The Hall–Kier alpha value is -1.57. The van der Waals surface area contributed by atoms with Gasteiger partial charge in [0, 0.05) is 17.8 Å². The summed E-state index contributed by atoms with van der Waals surface area (Å²) in [6.07, 6.45) is 2.94. The zero-order valence-corrected chi connectivity index (χ0v) is 14.0. The maximum atomic E-state index is 11.2. The van der Waals surface area contributed by atoms with Crippen molar-refractivity contribution in [3.63, 3.8) is 0 Å². The fourth-order valence-electron chi connectivity index (χ4n) is 1.59. The van der Waals surface area contributed by atoms with Gasteiger partial charge in [-0.3, -0.25) is 10.1 Å². The molecule has 0 saturated heterocycles.